The van der Waals surface area contributed by atoms with Crippen molar-refractivity contribution in [2.45, 2.75) is 52.7 Å². The third-order valence-corrected chi connectivity index (χ3v) is 3.10. The molecule has 0 N–H and O–H groups in total. The van der Waals surface area contributed by atoms with E-state index in [1.165, 1.54) is 19.6 Å². The van der Waals surface area contributed by atoms with E-state index >= 15 is 0 Å². The second kappa shape index (κ2) is 4.43. The van der Waals surface area contributed by atoms with Crippen LogP contribution in [0.3, 0.4) is 0 Å². The Morgan fingerprint density at radius 3 is 2.00 bits per heavy atom. The van der Waals surface area contributed by atoms with Gasteiger partial charge in [0, 0.05) is 37.8 Å². The minimum absolute atomic E-state index is 0.698. The van der Waals surface area contributed by atoms with Gasteiger partial charge in [-0.05, 0) is 34.6 Å². The lowest BCUT2D eigenvalue weighted by atomic mass is 10.1. The molecule has 1 aliphatic heterocycles. The molecule has 1 aliphatic rings. The molecule has 0 radical (unpaired) electrons. The molecule has 13 heavy (non-hydrogen) atoms. The highest BCUT2D eigenvalue weighted by molar-refractivity contribution is 4.82. The fourth-order valence-corrected chi connectivity index (χ4v) is 2.24. The largest absolute Gasteiger partial charge is 0.298 e. The van der Waals surface area contributed by atoms with E-state index in [1.54, 1.807) is 0 Å². The molecular formula is C11H24N2. The molecule has 1 atom stereocenters. The summed E-state index contributed by atoms with van der Waals surface area (Å²) in [5, 5.41) is 0. The first-order chi connectivity index (χ1) is 6.02. The summed E-state index contributed by atoms with van der Waals surface area (Å²) in [6, 6.07) is 2.12. The summed E-state index contributed by atoms with van der Waals surface area (Å²) in [4.78, 5) is 5.17. The standard InChI is InChI=1S/C11H24N2/c1-9(2)12-6-7-13(10(3)4)11(5)8-12/h9-11H,6-8H2,1-5H3/t11-/m0/s1. The molecule has 2 nitrogen and oxygen atoms in total. The number of nitrogens with zero attached hydrogens (tertiary/aromatic N) is 2. The number of hydrogen-bond acceptors (Lipinski definition) is 2. The molecular weight excluding hydrogens is 160 g/mol. The Labute approximate surface area is 82.9 Å². The van der Waals surface area contributed by atoms with Gasteiger partial charge in [-0.25, -0.2) is 0 Å². The molecule has 0 amide bonds. The van der Waals surface area contributed by atoms with Gasteiger partial charge in [-0.2, -0.15) is 0 Å². The predicted octanol–water partition coefficient (Wildman–Crippen LogP) is 1.81. The highest BCUT2D eigenvalue weighted by Crippen LogP contribution is 2.14. The van der Waals surface area contributed by atoms with Gasteiger partial charge in [0.2, 0.25) is 0 Å². The molecule has 1 fully saturated rings. The molecule has 1 heterocycles. The van der Waals surface area contributed by atoms with Crippen molar-refractivity contribution in [2.24, 2.45) is 0 Å². The van der Waals surface area contributed by atoms with Crippen molar-refractivity contribution < 1.29 is 0 Å². The molecule has 78 valence electrons. The Morgan fingerprint density at radius 1 is 1.00 bits per heavy atom. The van der Waals surface area contributed by atoms with Crippen LogP contribution in [0.1, 0.15) is 34.6 Å². The van der Waals surface area contributed by atoms with Crippen molar-refractivity contribution >= 4 is 0 Å². The zero-order chi connectivity index (χ0) is 10.0. The van der Waals surface area contributed by atoms with Crippen LogP contribution in [-0.2, 0) is 0 Å². The summed E-state index contributed by atoms with van der Waals surface area (Å²) in [6.45, 7) is 15.2. The average Bonchev–Trinajstić information content (AvgIpc) is 2.03. The lowest BCUT2D eigenvalue weighted by molar-refractivity contribution is 0.0447. The van der Waals surface area contributed by atoms with Crippen LogP contribution in [0.4, 0.5) is 0 Å². The third-order valence-electron chi connectivity index (χ3n) is 3.10. The third kappa shape index (κ3) is 2.68. The molecule has 1 saturated heterocycles. The van der Waals surface area contributed by atoms with Gasteiger partial charge >= 0.3 is 0 Å². The predicted molar refractivity (Wildman–Crippen MR) is 58.0 cm³/mol. The fourth-order valence-electron chi connectivity index (χ4n) is 2.24. The molecule has 0 spiro atoms. The minimum atomic E-state index is 0.698. The van der Waals surface area contributed by atoms with Gasteiger partial charge in [0.1, 0.15) is 0 Å². The Balaban J connectivity index is 2.46. The van der Waals surface area contributed by atoms with E-state index in [-0.39, 0.29) is 0 Å². The second-order valence-electron chi connectivity index (χ2n) is 4.77. The highest BCUT2D eigenvalue weighted by Gasteiger charge is 2.26. The smallest absolute Gasteiger partial charge is 0.0198 e. The van der Waals surface area contributed by atoms with Gasteiger partial charge in [-0.15, -0.1) is 0 Å². The first-order valence-corrected chi connectivity index (χ1v) is 5.52. The van der Waals surface area contributed by atoms with Crippen LogP contribution in [0, 0.1) is 0 Å². The van der Waals surface area contributed by atoms with Crippen LogP contribution >= 0.6 is 0 Å². The van der Waals surface area contributed by atoms with Crippen molar-refractivity contribution in [1.29, 1.82) is 0 Å². The summed E-state index contributed by atoms with van der Waals surface area (Å²) in [5.74, 6) is 0. The van der Waals surface area contributed by atoms with Gasteiger partial charge in [-0.3, -0.25) is 9.80 Å². The normalized spacial score (nSPS) is 27.5. The first-order valence-electron chi connectivity index (χ1n) is 5.52. The van der Waals surface area contributed by atoms with Crippen LogP contribution in [0.25, 0.3) is 0 Å². The Hall–Kier alpha value is -0.0800. The maximum Gasteiger partial charge on any atom is 0.0198 e. The topological polar surface area (TPSA) is 6.48 Å². The van der Waals surface area contributed by atoms with E-state index in [1.807, 2.05) is 0 Å². The average molecular weight is 184 g/mol. The summed E-state index contributed by atoms with van der Waals surface area (Å²) < 4.78 is 0. The number of piperazine rings is 1. The summed E-state index contributed by atoms with van der Waals surface area (Å²) >= 11 is 0. The first kappa shape index (κ1) is 11.0. The molecule has 0 aromatic carbocycles. The maximum atomic E-state index is 2.60. The minimum Gasteiger partial charge on any atom is -0.298 e. The van der Waals surface area contributed by atoms with Crippen molar-refractivity contribution in [1.82, 2.24) is 9.80 Å². The summed E-state index contributed by atoms with van der Waals surface area (Å²) in [5.41, 5.74) is 0. The Morgan fingerprint density at radius 2 is 1.62 bits per heavy atom. The zero-order valence-electron chi connectivity index (χ0n) is 9.75. The van der Waals surface area contributed by atoms with Gasteiger partial charge in [0.15, 0.2) is 0 Å². The lowest BCUT2D eigenvalue weighted by Crippen LogP contribution is -2.55. The number of rotatable bonds is 2. The van der Waals surface area contributed by atoms with E-state index < -0.39 is 0 Å². The van der Waals surface area contributed by atoms with Gasteiger partial charge in [-0.1, -0.05) is 0 Å². The van der Waals surface area contributed by atoms with Gasteiger partial charge in [0.25, 0.3) is 0 Å². The quantitative estimate of drug-likeness (QED) is 0.646. The van der Waals surface area contributed by atoms with Crippen LogP contribution in [-0.4, -0.2) is 47.6 Å². The molecule has 0 bridgehead atoms. The summed E-state index contributed by atoms with van der Waals surface area (Å²) in [7, 11) is 0. The Kier molecular flexibility index (Phi) is 3.74. The molecule has 1 rings (SSSR count). The van der Waals surface area contributed by atoms with E-state index in [9.17, 15) is 0 Å². The van der Waals surface area contributed by atoms with Gasteiger partial charge in [0.05, 0.1) is 0 Å². The molecule has 2 heteroatoms. The molecule has 0 aliphatic carbocycles. The number of hydrogen-bond donors (Lipinski definition) is 0. The van der Waals surface area contributed by atoms with Gasteiger partial charge < -0.3 is 0 Å². The van der Waals surface area contributed by atoms with Crippen molar-refractivity contribution in [3.8, 4) is 0 Å². The van der Waals surface area contributed by atoms with E-state index in [2.05, 4.69) is 44.4 Å². The lowest BCUT2D eigenvalue weighted by Gasteiger charge is -2.43. The van der Waals surface area contributed by atoms with E-state index in [0.717, 1.165) is 6.04 Å². The molecule has 0 aromatic rings. The van der Waals surface area contributed by atoms with Crippen LogP contribution in [0.15, 0.2) is 0 Å². The zero-order valence-corrected chi connectivity index (χ0v) is 9.75. The highest BCUT2D eigenvalue weighted by atomic mass is 15.3. The van der Waals surface area contributed by atoms with Crippen molar-refractivity contribution in [3.63, 3.8) is 0 Å². The maximum absolute atomic E-state index is 2.60. The SMILES string of the molecule is CC(C)N1CCN(C(C)C)[C@@H](C)C1. The Bertz CT molecular complexity index is 154. The molecule has 0 aromatic heterocycles. The van der Waals surface area contributed by atoms with Crippen LogP contribution in [0.2, 0.25) is 0 Å². The monoisotopic (exact) mass is 184 g/mol. The second-order valence-corrected chi connectivity index (χ2v) is 4.77. The van der Waals surface area contributed by atoms with E-state index in [4.69, 9.17) is 0 Å². The van der Waals surface area contributed by atoms with Crippen LogP contribution in [0.5, 0.6) is 0 Å². The summed E-state index contributed by atoms with van der Waals surface area (Å²) in [6.07, 6.45) is 0. The van der Waals surface area contributed by atoms with Crippen molar-refractivity contribution in [2.75, 3.05) is 19.6 Å². The fraction of sp³-hybridized carbons (Fsp3) is 1.00. The molecule has 0 unspecified atom stereocenters. The molecule has 0 saturated carbocycles. The van der Waals surface area contributed by atoms with Crippen molar-refractivity contribution in [3.05, 3.63) is 0 Å². The van der Waals surface area contributed by atoms with Crippen LogP contribution < -0.4 is 0 Å². The van der Waals surface area contributed by atoms with E-state index in [0.29, 0.717) is 12.1 Å².